The molecule has 0 bridgehead atoms. The highest BCUT2D eigenvalue weighted by Gasteiger charge is 2.46. The molecule has 2 aromatic carbocycles. The first-order valence-electron chi connectivity index (χ1n) is 11.1. The number of benzene rings is 2. The molecule has 1 saturated heterocycles. The molecule has 0 radical (unpaired) electrons. The molecule has 8 heteroatoms. The summed E-state index contributed by atoms with van der Waals surface area (Å²) in [6, 6.07) is 12.5. The van der Waals surface area contributed by atoms with Crippen LogP contribution in [0.5, 0.6) is 11.5 Å². The lowest BCUT2D eigenvalue weighted by atomic mass is 10.1. The fourth-order valence-electron chi connectivity index (χ4n) is 3.66. The quantitative estimate of drug-likeness (QED) is 0.542. The second-order valence-corrected chi connectivity index (χ2v) is 8.34. The van der Waals surface area contributed by atoms with Crippen LogP contribution in [0.3, 0.4) is 0 Å². The molecule has 1 aliphatic heterocycles. The molecule has 1 atom stereocenters. The van der Waals surface area contributed by atoms with Crippen LogP contribution in [0.15, 0.2) is 48.5 Å². The third-order valence-corrected chi connectivity index (χ3v) is 5.18. The summed E-state index contributed by atoms with van der Waals surface area (Å²) < 4.78 is 10.8. The summed E-state index contributed by atoms with van der Waals surface area (Å²) in [6.07, 6.45) is 0.776. The van der Waals surface area contributed by atoms with E-state index in [0.717, 1.165) is 17.1 Å². The topological polar surface area (TPSA) is 88.2 Å². The first-order valence-corrected chi connectivity index (χ1v) is 11.1. The third-order valence-electron chi connectivity index (χ3n) is 5.18. The number of carbonyl (C=O) groups excluding carboxylic acids is 3. The lowest BCUT2D eigenvalue weighted by Gasteiger charge is -2.23. The summed E-state index contributed by atoms with van der Waals surface area (Å²) in [5.74, 6) is 0.629. The van der Waals surface area contributed by atoms with Crippen LogP contribution in [-0.4, -0.2) is 49.0 Å². The second kappa shape index (κ2) is 10.8. The van der Waals surface area contributed by atoms with Gasteiger partial charge in [-0.25, -0.2) is 9.69 Å². The monoisotopic (exact) mass is 453 g/mol. The zero-order chi connectivity index (χ0) is 24.0. The van der Waals surface area contributed by atoms with E-state index in [0.29, 0.717) is 30.3 Å². The number of imide groups is 1. The van der Waals surface area contributed by atoms with Crippen molar-refractivity contribution in [2.24, 2.45) is 5.92 Å². The molecule has 176 valence electrons. The number of ether oxygens (including phenoxy) is 2. The Bertz CT molecular complexity index is 990. The fourth-order valence-corrected chi connectivity index (χ4v) is 3.66. The number of amides is 4. The van der Waals surface area contributed by atoms with Gasteiger partial charge in [0.25, 0.3) is 5.91 Å². The summed E-state index contributed by atoms with van der Waals surface area (Å²) in [7, 11) is 1.52. The molecule has 1 fully saturated rings. The van der Waals surface area contributed by atoms with E-state index in [1.165, 1.54) is 12.0 Å². The van der Waals surface area contributed by atoms with Crippen LogP contribution in [0, 0.1) is 5.92 Å². The van der Waals surface area contributed by atoms with Gasteiger partial charge in [0.05, 0.1) is 25.8 Å². The molecule has 3 rings (SSSR count). The zero-order valence-corrected chi connectivity index (χ0v) is 19.5. The van der Waals surface area contributed by atoms with Crippen molar-refractivity contribution in [2.75, 3.05) is 30.5 Å². The normalized spacial score (nSPS) is 15.8. The standard InChI is InChI=1S/C25H31N3O5/c1-5-13-33-20-11-9-18(10-12-20)26-23(29)15-22-24(30)28(25(31)27(22)16-17(2)3)19-7-6-8-21(14-19)32-4/h6-12,14,17,22H,5,13,15-16H2,1-4H3,(H,26,29). The maximum atomic E-state index is 13.3. The number of hydrogen-bond donors (Lipinski definition) is 1. The van der Waals surface area contributed by atoms with E-state index in [9.17, 15) is 14.4 Å². The predicted molar refractivity (Wildman–Crippen MR) is 127 cm³/mol. The molecule has 8 nitrogen and oxygen atoms in total. The van der Waals surface area contributed by atoms with Crippen LogP contribution in [0.4, 0.5) is 16.2 Å². The van der Waals surface area contributed by atoms with Gasteiger partial charge in [0.2, 0.25) is 5.91 Å². The van der Waals surface area contributed by atoms with E-state index in [-0.39, 0.29) is 18.2 Å². The molecule has 1 N–H and O–H groups in total. The molecule has 1 heterocycles. The highest BCUT2D eigenvalue weighted by Crippen LogP contribution is 2.30. The van der Waals surface area contributed by atoms with Crippen molar-refractivity contribution < 1.29 is 23.9 Å². The van der Waals surface area contributed by atoms with Gasteiger partial charge < -0.3 is 19.7 Å². The Hall–Kier alpha value is -3.55. The largest absolute Gasteiger partial charge is 0.497 e. The molecule has 4 amide bonds. The van der Waals surface area contributed by atoms with Gasteiger partial charge in [0, 0.05) is 18.3 Å². The van der Waals surface area contributed by atoms with E-state index in [2.05, 4.69) is 5.32 Å². The maximum Gasteiger partial charge on any atom is 0.332 e. The third kappa shape index (κ3) is 5.83. The van der Waals surface area contributed by atoms with Crippen molar-refractivity contribution in [3.05, 3.63) is 48.5 Å². The smallest absolute Gasteiger partial charge is 0.332 e. The predicted octanol–water partition coefficient (Wildman–Crippen LogP) is 4.31. The Kier molecular flexibility index (Phi) is 7.92. The summed E-state index contributed by atoms with van der Waals surface area (Å²) in [4.78, 5) is 41.8. The van der Waals surface area contributed by atoms with Crippen molar-refractivity contribution in [3.8, 4) is 11.5 Å². The highest BCUT2D eigenvalue weighted by molar-refractivity contribution is 6.22. The molecule has 0 aliphatic carbocycles. The fraction of sp³-hybridized carbons (Fsp3) is 0.400. The van der Waals surface area contributed by atoms with E-state index >= 15 is 0 Å². The lowest BCUT2D eigenvalue weighted by molar-refractivity contribution is -0.124. The van der Waals surface area contributed by atoms with Gasteiger partial charge in [-0.05, 0) is 48.7 Å². The number of urea groups is 1. The SMILES string of the molecule is CCCOc1ccc(NC(=O)CC2C(=O)N(c3cccc(OC)c3)C(=O)N2CC(C)C)cc1. The molecule has 33 heavy (non-hydrogen) atoms. The van der Waals surface area contributed by atoms with Gasteiger partial charge >= 0.3 is 6.03 Å². The minimum Gasteiger partial charge on any atom is -0.497 e. The minimum atomic E-state index is -0.877. The second-order valence-electron chi connectivity index (χ2n) is 8.34. The van der Waals surface area contributed by atoms with Crippen molar-refractivity contribution >= 4 is 29.2 Å². The first kappa shape index (κ1) is 24.1. The molecule has 0 spiro atoms. The molecule has 0 aromatic heterocycles. The Morgan fingerprint density at radius 2 is 1.82 bits per heavy atom. The van der Waals surface area contributed by atoms with Crippen LogP contribution in [0.25, 0.3) is 0 Å². The number of anilines is 2. The molecule has 0 saturated carbocycles. The number of carbonyl (C=O) groups is 3. The van der Waals surface area contributed by atoms with E-state index in [1.807, 2.05) is 20.8 Å². The van der Waals surface area contributed by atoms with Gasteiger partial charge in [-0.1, -0.05) is 26.8 Å². The zero-order valence-electron chi connectivity index (χ0n) is 19.5. The highest BCUT2D eigenvalue weighted by atomic mass is 16.5. The number of methoxy groups -OCH3 is 1. The van der Waals surface area contributed by atoms with Gasteiger partial charge in [-0.15, -0.1) is 0 Å². The Balaban J connectivity index is 1.75. The van der Waals surface area contributed by atoms with Crippen LogP contribution in [0.2, 0.25) is 0 Å². The van der Waals surface area contributed by atoms with Crippen LogP contribution in [-0.2, 0) is 9.59 Å². The first-order chi connectivity index (χ1) is 15.8. The number of nitrogens with zero attached hydrogens (tertiary/aromatic N) is 2. The van der Waals surface area contributed by atoms with E-state index < -0.39 is 18.0 Å². The number of rotatable bonds is 10. The lowest BCUT2D eigenvalue weighted by Crippen LogP contribution is -2.40. The van der Waals surface area contributed by atoms with Crippen LogP contribution in [0.1, 0.15) is 33.6 Å². The number of hydrogen-bond acceptors (Lipinski definition) is 5. The van der Waals surface area contributed by atoms with Crippen molar-refractivity contribution in [1.29, 1.82) is 0 Å². The minimum absolute atomic E-state index is 0.133. The molecular weight excluding hydrogens is 422 g/mol. The van der Waals surface area contributed by atoms with Crippen LogP contribution >= 0.6 is 0 Å². The summed E-state index contributed by atoms with van der Waals surface area (Å²) >= 11 is 0. The molecular formula is C25H31N3O5. The average Bonchev–Trinajstić information content (AvgIpc) is 3.02. The summed E-state index contributed by atoms with van der Waals surface area (Å²) in [6.45, 7) is 6.95. The van der Waals surface area contributed by atoms with Crippen molar-refractivity contribution in [1.82, 2.24) is 4.90 Å². The molecule has 1 unspecified atom stereocenters. The van der Waals surface area contributed by atoms with Gasteiger partial charge in [-0.2, -0.15) is 0 Å². The van der Waals surface area contributed by atoms with Gasteiger partial charge in [0.15, 0.2) is 0 Å². The Morgan fingerprint density at radius 3 is 2.45 bits per heavy atom. The van der Waals surface area contributed by atoms with E-state index in [4.69, 9.17) is 9.47 Å². The van der Waals surface area contributed by atoms with Gasteiger partial charge in [-0.3, -0.25) is 9.59 Å². The summed E-state index contributed by atoms with van der Waals surface area (Å²) in [5.41, 5.74) is 1.02. The number of nitrogens with one attached hydrogen (secondary N) is 1. The van der Waals surface area contributed by atoms with Crippen LogP contribution < -0.4 is 19.7 Å². The molecule has 1 aliphatic rings. The van der Waals surface area contributed by atoms with Gasteiger partial charge in [0.1, 0.15) is 17.5 Å². The Morgan fingerprint density at radius 1 is 1.09 bits per heavy atom. The van der Waals surface area contributed by atoms with Crippen molar-refractivity contribution in [3.63, 3.8) is 0 Å². The Labute approximate surface area is 194 Å². The average molecular weight is 454 g/mol. The molecule has 2 aromatic rings. The van der Waals surface area contributed by atoms with Crippen molar-refractivity contribution in [2.45, 2.75) is 39.7 Å². The maximum absolute atomic E-state index is 13.3. The van der Waals surface area contributed by atoms with E-state index in [1.54, 1.807) is 48.5 Å². The summed E-state index contributed by atoms with van der Waals surface area (Å²) in [5, 5.41) is 2.81.